The Balaban J connectivity index is 1.58. The Labute approximate surface area is 414 Å². The smallest absolute Gasteiger partial charge is 0.297 e. The number of phenolic OH excluding ortho intramolecular Hbond substituents is 2. The number of nitro benzene ring substituents is 1. The monoisotopic (exact) mass is 1160 g/mol. The van der Waals surface area contributed by atoms with Gasteiger partial charge in [-0.05, 0) is 61.0 Å². The molecule has 388 valence electrons. The number of aryl methyl sites for hydroxylation is 1. The Morgan fingerprint density at radius 1 is 0.548 bits per heavy atom. The second-order valence-corrected chi connectivity index (χ2v) is 22.2. The Morgan fingerprint density at radius 3 is 1.63 bits per heavy atom. The predicted molar refractivity (Wildman–Crippen MR) is 243 cm³/mol. The summed E-state index contributed by atoms with van der Waals surface area (Å²) in [7, 11) is -26.9. The van der Waals surface area contributed by atoms with Gasteiger partial charge in [-0.15, -0.1) is 39.4 Å². The Hall–Kier alpha value is -6.55. The summed E-state index contributed by atoms with van der Waals surface area (Å²) in [5.74, 6) is -2.49. The molecule has 0 aromatic heterocycles. The van der Waals surface area contributed by atoms with E-state index in [-0.39, 0.29) is 34.5 Å². The molecule has 6 rings (SSSR count). The van der Waals surface area contributed by atoms with Crippen LogP contribution in [0.25, 0.3) is 21.5 Å². The number of non-ortho nitro benzene ring substituents is 1. The maximum atomic E-state index is 13.0. The van der Waals surface area contributed by atoms with E-state index in [0.717, 1.165) is 30.3 Å². The molecule has 73 heavy (non-hydrogen) atoms. The van der Waals surface area contributed by atoms with Gasteiger partial charge in [-0.25, -0.2) is 10.5 Å². The molecule has 0 saturated carbocycles. The predicted octanol–water partition coefficient (Wildman–Crippen LogP) is 7.54. The molecule has 6 aromatic rings. The number of benzene rings is 6. The van der Waals surface area contributed by atoms with Gasteiger partial charge in [0.2, 0.25) is 0 Å². The second-order valence-electron chi connectivity index (χ2n) is 13.8. The average Bonchev–Trinajstić information content (AvgIpc) is 3.27. The van der Waals surface area contributed by atoms with E-state index >= 15 is 0 Å². The van der Waals surface area contributed by atoms with Crippen molar-refractivity contribution in [3.05, 3.63) is 76.3 Å². The van der Waals surface area contributed by atoms with Crippen LogP contribution in [-0.4, -0.2) is 90.5 Å². The highest BCUT2D eigenvalue weighted by Gasteiger charge is 2.30. The summed E-state index contributed by atoms with van der Waals surface area (Å²) < 4.78 is 184. The molecule has 0 unspecified atom stereocenters. The Bertz CT molecular complexity index is 4010. The molecule has 40 heteroatoms. The van der Waals surface area contributed by atoms with Crippen molar-refractivity contribution in [2.45, 2.75) is 41.2 Å². The lowest BCUT2D eigenvalue weighted by Crippen LogP contribution is -2.03. The first-order valence-corrected chi connectivity index (χ1v) is 26.8. The molecule has 0 aliphatic carbocycles. The molecular formula is C33H24N8O25S7. The minimum absolute atomic E-state index is 0.0286. The Morgan fingerprint density at radius 2 is 1.08 bits per heavy atom. The number of azo groups is 3. The summed E-state index contributed by atoms with van der Waals surface area (Å²) >= 11 is 0.0615. The molecule has 0 radical (unpaired) electrons. The molecule has 0 aliphatic heterocycles. The van der Waals surface area contributed by atoms with Gasteiger partial charge in [0, 0.05) is 28.3 Å². The van der Waals surface area contributed by atoms with Gasteiger partial charge in [0.1, 0.15) is 53.7 Å². The summed E-state index contributed by atoms with van der Waals surface area (Å²) in [5.41, 5.74) is -0.504. The quantitative estimate of drug-likeness (QED) is 0.00755. The van der Waals surface area contributed by atoms with E-state index in [1.165, 1.54) is 6.92 Å². The first kappa shape index (κ1) is 55.8. The van der Waals surface area contributed by atoms with Gasteiger partial charge in [-0.3, -0.25) is 32.9 Å². The second kappa shape index (κ2) is 20.8. The fourth-order valence-corrected chi connectivity index (χ4v) is 10.9. The highest BCUT2D eigenvalue weighted by Crippen LogP contribution is 2.51. The average molecular weight is 1160 g/mol. The van der Waals surface area contributed by atoms with Crippen molar-refractivity contribution in [1.29, 1.82) is 0 Å². The lowest BCUT2D eigenvalue weighted by molar-refractivity contribution is -0.432. The van der Waals surface area contributed by atoms with E-state index < -0.39 is 163 Å². The number of nitro groups is 1. The number of phenols is 2. The first-order valence-electron chi connectivity index (χ1n) is 18.1. The molecule has 0 bridgehead atoms. The fourth-order valence-electron chi connectivity index (χ4n) is 6.37. The van der Waals surface area contributed by atoms with Gasteiger partial charge in [-0.2, -0.15) is 42.1 Å². The zero-order chi connectivity index (χ0) is 54.3. The van der Waals surface area contributed by atoms with Crippen molar-refractivity contribution in [2.75, 3.05) is 5.73 Å². The maximum absolute atomic E-state index is 13.0. The third kappa shape index (κ3) is 12.0. The molecule has 0 spiro atoms. The van der Waals surface area contributed by atoms with Gasteiger partial charge in [0.25, 0.3) is 56.3 Å². The van der Waals surface area contributed by atoms with Crippen molar-refractivity contribution >= 4 is 142 Å². The van der Waals surface area contributed by atoms with Gasteiger partial charge in [0.05, 0.1) is 54.8 Å². The van der Waals surface area contributed by atoms with Crippen molar-refractivity contribution < 1.29 is 109 Å². The van der Waals surface area contributed by atoms with E-state index in [0.29, 0.717) is 30.3 Å². The number of hydrogen-bond donors (Lipinski definition) is 10. The molecule has 6 aromatic carbocycles. The van der Waals surface area contributed by atoms with Crippen LogP contribution in [0.4, 0.5) is 45.5 Å². The number of anilines is 1. The van der Waals surface area contributed by atoms with Crippen molar-refractivity contribution in [3.63, 3.8) is 0 Å². The minimum Gasteiger partial charge on any atom is -0.505 e. The summed E-state index contributed by atoms with van der Waals surface area (Å²) in [4.78, 5) is 3.43. The molecule has 33 nitrogen and oxygen atoms in total. The van der Waals surface area contributed by atoms with Gasteiger partial charge in [-0.1, -0.05) is 10.1 Å². The largest absolute Gasteiger partial charge is 0.505 e. The number of nitrogen functional groups attached to an aromatic ring is 1. The van der Waals surface area contributed by atoms with E-state index in [1.54, 1.807) is 0 Å². The van der Waals surface area contributed by atoms with E-state index in [1.807, 2.05) is 0 Å². The summed E-state index contributed by atoms with van der Waals surface area (Å²) in [6.07, 6.45) is 0. The van der Waals surface area contributed by atoms with Gasteiger partial charge < -0.3 is 15.9 Å². The SMILES string of the molecule is Cc1cc(S(=O)(=O)O)cc(SOOO)c1N=Nc1c(S(=O)(=O)O)cc2c(S(=O)(=O)O)c(N=Nc3cc(S(=O)(=O)O)c4cc(SOOO)c(N=Nc5ccc([N+](=O)[O-])cc5S(=O)(=O)O)c(O)c4c3N)ccc2c1O. The van der Waals surface area contributed by atoms with Crippen molar-refractivity contribution in [1.82, 2.24) is 0 Å². The van der Waals surface area contributed by atoms with Crippen LogP contribution in [0.1, 0.15) is 5.56 Å². The number of aromatic hydroxyl groups is 2. The topological polar surface area (TPSA) is 533 Å². The maximum Gasteiger partial charge on any atom is 0.297 e. The van der Waals surface area contributed by atoms with Crippen LogP contribution in [0.5, 0.6) is 11.5 Å². The molecule has 0 saturated heterocycles. The standard InChI is InChI=1S/C33H24N8O25S7/c1-12-6-14(69(48,49)50)8-21(67-65-63-46)28(12)38-40-30-25(72(57,58)59)10-16-15(31(30)42)3-5-19(33(16)73(60,61)62)36-37-20-11-23(70(51,52)53)17-9-22(68-66-64-47)29(32(43)26(17)27(20)34)39-35-18-4-2-13(41(44)45)7-24(18)71(54,55)56/h2-11,42-43,46-47H,34H2,1H3,(H,48,49,50)(H,51,52,53)(H,54,55,56)(H,57,58,59)(H,60,61,62). The van der Waals surface area contributed by atoms with Crippen LogP contribution in [0.15, 0.2) is 126 Å². The lowest BCUT2D eigenvalue weighted by atomic mass is 10.0. The number of rotatable bonds is 18. The molecule has 0 aliphatic rings. The number of hydrogen-bond acceptors (Lipinski definition) is 29. The zero-order valence-electron chi connectivity index (χ0n) is 34.9. The van der Waals surface area contributed by atoms with Crippen molar-refractivity contribution in [2.24, 2.45) is 30.7 Å². The number of nitrogens with zero attached hydrogens (tertiary/aromatic N) is 7. The molecular weight excluding hydrogens is 1130 g/mol. The van der Waals surface area contributed by atoms with Gasteiger partial charge in [0.15, 0.2) is 11.5 Å². The van der Waals surface area contributed by atoms with Crippen LogP contribution < -0.4 is 5.73 Å². The van der Waals surface area contributed by atoms with Crippen LogP contribution in [0, 0.1) is 17.0 Å². The van der Waals surface area contributed by atoms with Crippen LogP contribution in [0.3, 0.4) is 0 Å². The molecule has 0 amide bonds. The van der Waals surface area contributed by atoms with Crippen molar-refractivity contribution in [3.8, 4) is 11.5 Å². The molecule has 0 fully saturated rings. The fraction of sp³-hybridized carbons (Fsp3) is 0.0303. The molecule has 0 heterocycles. The number of fused-ring (bicyclic) bond motifs is 2. The van der Waals surface area contributed by atoms with Crippen LogP contribution in [0.2, 0.25) is 0 Å². The highest BCUT2D eigenvalue weighted by molar-refractivity contribution is 7.95. The van der Waals surface area contributed by atoms with Gasteiger partial charge >= 0.3 is 0 Å². The summed E-state index contributed by atoms with van der Waals surface area (Å²) in [6.45, 7) is 1.20. The third-order valence-corrected chi connectivity index (χ3v) is 15.0. The van der Waals surface area contributed by atoms with Crippen LogP contribution in [-0.2, 0) is 69.3 Å². The zero-order valence-corrected chi connectivity index (χ0v) is 40.6. The molecule has 0 atom stereocenters. The Kier molecular flexibility index (Phi) is 15.9. The number of nitrogens with two attached hydrogens (primary N) is 1. The first-order chi connectivity index (χ1) is 33.8. The highest BCUT2D eigenvalue weighted by atomic mass is 32.2. The van der Waals surface area contributed by atoms with E-state index in [9.17, 15) is 85.2 Å². The third-order valence-electron chi connectivity index (χ3n) is 9.35. The minimum atomic E-state index is -5.67. The van der Waals surface area contributed by atoms with E-state index in [4.69, 9.17) is 16.2 Å². The molecule has 11 N–H and O–H groups in total. The van der Waals surface area contributed by atoms with E-state index in [2.05, 4.69) is 49.4 Å². The van der Waals surface area contributed by atoms with Crippen LogP contribution >= 0.6 is 24.1 Å². The lowest BCUT2D eigenvalue weighted by Gasteiger charge is -2.15. The summed E-state index contributed by atoms with van der Waals surface area (Å²) in [6, 6.07) is 6.60. The normalized spacial score (nSPS) is 13.1. The summed E-state index contributed by atoms with van der Waals surface area (Å²) in [5, 5.41) is 77.6.